The summed E-state index contributed by atoms with van der Waals surface area (Å²) in [7, 11) is -3.97. The van der Waals surface area contributed by atoms with Crippen LogP contribution in [0.3, 0.4) is 0 Å². The van der Waals surface area contributed by atoms with Gasteiger partial charge in [-0.1, -0.05) is 38.1 Å². The number of rotatable bonds is 6. The second kappa shape index (κ2) is 7.94. The molecule has 0 saturated carbocycles. The number of nitrogens with one attached hydrogen (secondary N) is 2. The van der Waals surface area contributed by atoms with Crippen LogP contribution in [-0.2, 0) is 26.2 Å². The predicted octanol–water partition coefficient (Wildman–Crippen LogP) is 3.97. The average Bonchev–Trinajstić information content (AvgIpc) is 3.11. The maximum Gasteiger partial charge on any atom is 0.243 e. The van der Waals surface area contributed by atoms with Crippen LogP contribution in [0.15, 0.2) is 50.0 Å². The molecule has 0 aromatic heterocycles. The number of hydrogen-bond acceptors (Lipinski definition) is 5. The van der Waals surface area contributed by atoms with Gasteiger partial charge in [0.15, 0.2) is 0 Å². The summed E-state index contributed by atoms with van der Waals surface area (Å²) in [6.45, 7) is 7.38. The first-order chi connectivity index (χ1) is 13.2. The zero-order chi connectivity index (χ0) is 20.5. The molecule has 1 aliphatic heterocycles. The third-order valence-corrected chi connectivity index (χ3v) is 6.51. The molecule has 1 amide bonds. The van der Waals surface area contributed by atoms with E-state index in [1.54, 1.807) is 26.0 Å². The van der Waals surface area contributed by atoms with E-state index in [1.807, 2.05) is 32.0 Å². The van der Waals surface area contributed by atoms with E-state index in [0.717, 1.165) is 22.5 Å². The van der Waals surface area contributed by atoms with Gasteiger partial charge < -0.3 is 5.32 Å². The molecule has 7 nitrogen and oxygen atoms in total. The second-order valence-corrected chi connectivity index (χ2v) is 9.20. The lowest BCUT2D eigenvalue weighted by Gasteiger charge is -2.23. The van der Waals surface area contributed by atoms with Crippen molar-refractivity contribution in [1.82, 2.24) is 4.72 Å². The number of fused-ring (bicyclic) bond motifs is 1. The van der Waals surface area contributed by atoms with E-state index in [1.165, 1.54) is 6.07 Å². The number of hydrogen-bond donors (Lipinski definition) is 2. The Balaban J connectivity index is 1.88. The Morgan fingerprint density at radius 3 is 2.32 bits per heavy atom. The van der Waals surface area contributed by atoms with Crippen molar-refractivity contribution in [2.75, 3.05) is 5.32 Å². The molecule has 0 aliphatic carbocycles. The highest BCUT2D eigenvalue weighted by atomic mass is 32.2. The lowest BCUT2D eigenvalue weighted by molar-refractivity contribution is -0.118. The molecular formula is C19H22N4O3S2. The fraction of sp³-hybridized carbons (Fsp3) is 0.316. The molecule has 2 aromatic carbocycles. The number of amides is 1. The van der Waals surface area contributed by atoms with Gasteiger partial charge in [0.1, 0.15) is 22.3 Å². The van der Waals surface area contributed by atoms with Crippen LogP contribution < -0.4 is 10.0 Å². The minimum Gasteiger partial charge on any atom is -0.324 e. The summed E-state index contributed by atoms with van der Waals surface area (Å²) >= 11 is 0.948. The number of benzene rings is 2. The number of para-hydroxylation sites is 1. The van der Waals surface area contributed by atoms with E-state index in [2.05, 4.69) is 18.8 Å². The third-order valence-electron chi connectivity index (χ3n) is 4.50. The minimum absolute atomic E-state index is 0.0178. The summed E-state index contributed by atoms with van der Waals surface area (Å²) < 4.78 is 36.7. The van der Waals surface area contributed by atoms with E-state index in [-0.39, 0.29) is 10.8 Å². The molecule has 1 atom stereocenters. The first kappa shape index (κ1) is 20.4. The maximum absolute atomic E-state index is 13.0. The zero-order valence-electron chi connectivity index (χ0n) is 16.1. The van der Waals surface area contributed by atoms with Crippen LogP contribution >= 0.6 is 0 Å². The molecule has 2 N–H and O–H groups in total. The number of aryl methyl sites for hydroxylation is 2. The number of carbonyl (C=O) groups excluding carboxylic acids is 1. The molecule has 28 heavy (non-hydrogen) atoms. The first-order valence-corrected chi connectivity index (χ1v) is 11.0. The Morgan fingerprint density at radius 1 is 1.04 bits per heavy atom. The van der Waals surface area contributed by atoms with Gasteiger partial charge in [-0.15, -0.1) is 0 Å². The molecule has 0 saturated heterocycles. The van der Waals surface area contributed by atoms with Crippen molar-refractivity contribution in [3.63, 3.8) is 0 Å². The van der Waals surface area contributed by atoms with Gasteiger partial charge >= 0.3 is 0 Å². The van der Waals surface area contributed by atoms with Crippen molar-refractivity contribution in [3.05, 3.63) is 47.5 Å². The Bertz CT molecular complexity index is 1080. The molecule has 2 aromatic rings. The van der Waals surface area contributed by atoms with Gasteiger partial charge in [0.2, 0.25) is 15.9 Å². The van der Waals surface area contributed by atoms with Gasteiger partial charge in [0.05, 0.1) is 11.4 Å². The molecular weight excluding hydrogens is 396 g/mol. The van der Waals surface area contributed by atoms with Gasteiger partial charge in [-0.25, -0.2) is 8.42 Å². The zero-order valence-corrected chi connectivity index (χ0v) is 17.7. The Morgan fingerprint density at radius 2 is 1.68 bits per heavy atom. The Hall–Kier alpha value is -2.36. The van der Waals surface area contributed by atoms with Crippen molar-refractivity contribution < 1.29 is 13.2 Å². The van der Waals surface area contributed by atoms with Gasteiger partial charge in [-0.2, -0.15) is 13.4 Å². The normalized spacial score (nSPS) is 13.9. The lowest BCUT2D eigenvalue weighted by Crippen LogP contribution is -2.47. The highest BCUT2D eigenvalue weighted by Crippen LogP contribution is 2.37. The molecule has 0 bridgehead atoms. The molecule has 3 rings (SSSR count). The molecule has 148 valence electrons. The summed E-state index contributed by atoms with van der Waals surface area (Å²) in [6, 6.07) is 9.54. The minimum atomic E-state index is -3.97. The van der Waals surface area contributed by atoms with Gasteiger partial charge in [-0.3, -0.25) is 4.79 Å². The third kappa shape index (κ3) is 4.06. The summed E-state index contributed by atoms with van der Waals surface area (Å²) in [4.78, 5) is 12.9. The number of anilines is 1. The van der Waals surface area contributed by atoms with Crippen LogP contribution in [0.2, 0.25) is 0 Å². The van der Waals surface area contributed by atoms with Crippen molar-refractivity contribution in [3.8, 4) is 0 Å². The van der Waals surface area contributed by atoms with Crippen molar-refractivity contribution in [2.24, 2.45) is 14.6 Å². The smallest absolute Gasteiger partial charge is 0.243 e. The lowest BCUT2D eigenvalue weighted by atomic mass is 10.0. The molecule has 1 heterocycles. The van der Waals surface area contributed by atoms with Crippen LogP contribution in [-0.4, -0.2) is 20.4 Å². The summed E-state index contributed by atoms with van der Waals surface area (Å²) in [5, 5.41) is 2.87. The van der Waals surface area contributed by atoms with E-state index in [4.69, 9.17) is 0 Å². The van der Waals surface area contributed by atoms with Crippen molar-refractivity contribution >= 4 is 44.3 Å². The largest absolute Gasteiger partial charge is 0.324 e. The monoisotopic (exact) mass is 418 g/mol. The van der Waals surface area contributed by atoms with Crippen LogP contribution in [0.4, 0.5) is 17.1 Å². The molecule has 9 heteroatoms. The second-order valence-electron chi connectivity index (χ2n) is 6.99. The predicted molar refractivity (Wildman–Crippen MR) is 111 cm³/mol. The Labute approximate surface area is 168 Å². The summed E-state index contributed by atoms with van der Waals surface area (Å²) in [6.07, 6.45) is 0. The fourth-order valence-electron chi connectivity index (χ4n) is 2.93. The van der Waals surface area contributed by atoms with Crippen LogP contribution in [0, 0.1) is 19.8 Å². The van der Waals surface area contributed by atoms with Gasteiger partial charge in [0.25, 0.3) is 0 Å². The van der Waals surface area contributed by atoms with Crippen LogP contribution in [0.5, 0.6) is 0 Å². The number of nitrogens with zero attached hydrogens (tertiary/aromatic N) is 2. The fourth-order valence-corrected chi connectivity index (χ4v) is 5.04. The van der Waals surface area contributed by atoms with Crippen molar-refractivity contribution in [1.29, 1.82) is 0 Å². The van der Waals surface area contributed by atoms with Crippen molar-refractivity contribution in [2.45, 2.75) is 38.6 Å². The van der Waals surface area contributed by atoms with E-state index >= 15 is 0 Å². The quantitative estimate of drug-likeness (QED) is 0.633. The van der Waals surface area contributed by atoms with E-state index in [9.17, 15) is 13.2 Å². The van der Waals surface area contributed by atoms with E-state index < -0.39 is 22.0 Å². The summed E-state index contributed by atoms with van der Waals surface area (Å²) in [5.41, 5.74) is 3.34. The average molecular weight is 419 g/mol. The van der Waals surface area contributed by atoms with Crippen LogP contribution in [0.25, 0.3) is 0 Å². The molecule has 0 fully saturated rings. The van der Waals surface area contributed by atoms with Gasteiger partial charge in [0, 0.05) is 5.69 Å². The highest BCUT2D eigenvalue weighted by Gasteiger charge is 2.31. The first-order valence-electron chi connectivity index (χ1n) is 8.81. The maximum atomic E-state index is 13.0. The number of carbonyl (C=O) groups is 1. The SMILES string of the molecule is Cc1cccc(C)c1NC(=O)[C@@H](NS(=O)(=O)c1cccc2c1N=S=N2)C(C)C. The topological polar surface area (TPSA) is 100.0 Å². The molecule has 0 unspecified atom stereocenters. The van der Waals surface area contributed by atoms with Crippen LogP contribution in [0.1, 0.15) is 25.0 Å². The summed E-state index contributed by atoms with van der Waals surface area (Å²) in [5.74, 6) is -0.661. The standard InChI is InChI=1S/C19H22N4O3S2/c1-11(2)16(19(24)20-17-12(3)7-5-8-13(17)4)23-28(25,26)15-10-6-9-14-18(15)22-27-21-14/h5-11,16,23H,1-4H3,(H,20,24)/t16-/m0/s1. The Kier molecular flexibility index (Phi) is 5.78. The number of sulfonamides is 1. The van der Waals surface area contributed by atoms with Gasteiger partial charge in [-0.05, 0) is 43.0 Å². The molecule has 0 spiro atoms. The highest BCUT2D eigenvalue weighted by molar-refractivity contribution is 7.89. The molecule has 0 radical (unpaired) electrons. The van der Waals surface area contributed by atoms with E-state index in [0.29, 0.717) is 17.1 Å². The molecule has 1 aliphatic rings.